The molecule has 1 unspecified atom stereocenters. The number of para-hydroxylation sites is 1. The molecule has 3 aromatic rings. The zero-order valence-electron chi connectivity index (χ0n) is 14.3. The first-order chi connectivity index (χ1) is 12.6. The Bertz CT molecular complexity index is 1010. The highest BCUT2D eigenvalue weighted by atomic mass is 19.1. The summed E-state index contributed by atoms with van der Waals surface area (Å²) < 4.78 is 15.0. The van der Waals surface area contributed by atoms with Gasteiger partial charge in [0.2, 0.25) is 5.91 Å². The molecule has 2 aromatic carbocycles. The Kier molecular flexibility index (Phi) is 4.29. The van der Waals surface area contributed by atoms with Crippen LogP contribution in [0.5, 0.6) is 0 Å². The summed E-state index contributed by atoms with van der Waals surface area (Å²) in [5.41, 5.74) is 1.67. The van der Waals surface area contributed by atoms with Gasteiger partial charge in [0, 0.05) is 24.2 Å². The van der Waals surface area contributed by atoms with Crippen LogP contribution in [0.15, 0.2) is 65.6 Å². The van der Waals surface area contributed by atoms with Crippen LogP contribution >= 0.6 is 0 Å². The van der Waals surface area contributed by atoms with E-state index in [2.05, 4.69) is 0 Å². The van der Waals surface area contributed by atoms with Crippen molar-refractivity contribution in [3.8, 4) is 0 Å². The van der Waals surface area contributed by atoms with Gasteiger partial charge in [-0.1, -0.05) is 24.3 Å². The van der Waals surface area contributed by atoms with Crippen molar-refractivity contribution in [2.75, 3.05) is 6.54 Å². The predicted molar refractivity (Wildman–Crippen MR) is 98.3 cm³/mol. The van der Waals surface area contributed by atoms with Crippen LogP contribution in [0.1, 0.15) is 24.4 Å². The Morgan fingerprint density at radius 3 is 2.65 bits per heavy atom. The maximum Gasteiger partial charge on any atom is 0.243 e. The van der Waals surface area contributed by atoms with Gasteiger partial charge in [0.05, 0.1) is 11.6 Å². The summed E-state index contributed by atoms with van der Waals surface area (Å²) >= 11 is 0. The number of rotatable bonds is 3. The number of likely N-dealkylation sites (tertiary alicyclic amines) is 1. The molecule has 1 amide bonds. The van der Waals surface area contributed by atoms with Crippen LogP contribution in [-0.4, -0.2) is 21.9 Å². The third kappa shape index (κ3) is 3.01. The van der Waals surface area contributed by atoms with Crippen molar-refractivity contribution < 1.29 is 9.18 Å². The second kappa shape index (κ2) is 6.75. The van der Waals surface area contributed by atoms with Gasteiger partial charge in [-0.25, -0.2) is 4.39 Å². The molecule has 132 valence electrons. The quantitative estimate of drug-likeness (QED) is 0.725. The Balaban J connectivity index is 1.61. The molecular weight excluding hydrogens is 331 g/mol. The van der Waals surface area contributed by atoms with E-state index in [0.717, 1.165) is 23.9 Å². The molecule has 0 spiro atoms. The number of hydrogen-bond acceptors (Lipinski definition) is 2. The van der Waals surface area contributed by atoms with Crippen LogP contribution in [0, 0.1) is 5.82 Å². The molecule has 0 bridgehead atoms. The van der Waals surface area contributed by atoms with Gasteiger partial charge in [-0.15, -0.1) is 0 Å². The summed E-state index contributed by atoms with van der Waals surface area (Å²) in [5.74, 6) is -0.269. The lowest BCUT2D eigenvalue weighted by Gasteiger charge is -2.26. The number of carbonyl (C=O) groups is 1. The number of halogens is 1. The van der Waals surface area contributed by atoms with Crippen LogP contribution in [0.25, 0.3) is 10.9 Å². The fourth-order valence-corrected chi connectivity index (χ4v) is 3.73. The fourth-order valence-electron chi connectivity index (χ4n) is 3.73. The van der Waals surface area contributed by atoms with Gasteiger partial charge in [0.1, 0.15) is 12.4 Å². The molecule has 26 heavy (non-hydrogen) atoms. The number of fused-ring (bicyclic) bond motifs is 1. The smallest absolute Gasteiger partial charge is 0.243 e. The Morgan fingerprint density at radius 2 is 1.85 bits per heavy atom. The van der Waals surface area contributed by atoms with Crippen molar-refractivity contribution in [1.82, 2.24) is 9.47 Å². The average Bonchev–Trinajstić information content (AvgIpc) is 3.15. The topological polar surface area (TPSA) is 42.3 Å². The van der Waals surface area contributed by atoms with Crippen molar-refractivity contribution in [1.29, 1.82) is 0 Å². The molecule has 1 aliphatic heterocycles. The van der Waals surface area contributed by atoms with Crippen molar-refractivity contribution in [2.45, 2.75) is 25.4 Å². The number of benzene rings is 2. The van der Waals surface area contributed by atoms with Crippen molar-refractivity contribution in [2.24, 2.45) is 0 Å². The molecule has 1 saturated heterocycles. The van der Waals surface area contributed by atoms with Crippen LogP contribution in [0.3, 0.4) is 0 Å². The summed E-state index contributed by atoms with van der Waals surface area (Å²) in [6.07, 6.45) is 3.48. The third-order valence-corrected chi connectivity index (χ3v) is 5.02. The number of aromatic nitrogens is 1. The second-order valence-electron chi connectivity index (χ2n) is 6.62. The first kappa shape index (κ1) is 16.5. The van der Waals surface area contributed by atoms with Crippen molar-refractivity contribution in [3.05, 3.63) is 82.4 Å². The maximum atomic E-state index is 13.2. The minimum absolute atomic E-state index is 0.00521. The summed E-state index contributed by atoms with van der Waals surface area (Å²) in [6.45, 7) is 0.873. The number of carbonyl (C=O) groups excluding carboxylic acids is 1. The summed E-state index contributed by atoms with van der Waals surface area (Å²) in [4.78, 5) is 26.8. The highest BCUT2D eigenvalue weighted by molar-refractivity contribution is 5.82. The first-order valence-electron chi connectivity index (χ1n) is 8.76. The highest BCUT2D eigenvalue weighted by Gasteiger charge is 2.29. The Morgan fingerprint density at radius 1 is 1.08 bits per heavy atom. The van der Waals surface area contributed by atoms with Gasteiger partial charge in [0.25, 0.3) is 0 Å². The number of pyridine rings is 1. The average molecular weight is 350 g/mol. The van der Waals surface area contributed by atoms with Gasteiger partial charge in [-0.2, -0.15) is 0 Å². The largest absolute Gasteiger partial charge is 0.338 e. The molecular formula is C21H19FN2O2. The molecule has 2 heterocycles. The minimum Gasteiger partial charge on any atom is -0.338 e. The standard InChI is InChI=1S/C21H19FN2O2/c22-16-9-7-15(8-10-16)18-6-3-12-24(18)21(26)14-23-13-11-20(25)17-4-1-2-5-19(17)23/h1-2,4-5,7-11,13,18H,3,6,12,14H2. The van der Waals surface area contributed by atoms with E-state index in [4.69, 9.17) is 0 Å². The van der Waals surface area contributed by atoms with Crippen molar-refractivity contribution in [3.63, 3.8) is 0 Å². The molecule has 4 rings (SSSR count). The highest BCUT2D eigenvalue weighted by Crippen LogP contribution is 2.32. The monoisotopic (exact) mass is 350 g/mol. The van der Waals surface area contributed by atoms with E-state index in [9.17, 15) is 14.0 Å². The second-order valence-corrected chi connectivity index (χ2v) is 6.62. The summed E-state index contributed by atoms with van der Waals surface area (Å²) in [5, 5.41) is 0.610. The third-order valence-electron chi connectivity index (χ3n) is 5.02. The zero-order chi connectivity index (χ0) is 18.1. The maximum absolute atomic E-state index is 13.2. The van der Waals surface area contributed by atoms with E-state index in [1.165, 1.54) is 18.2 Å². The normalized spacial score (nSPS) is 17.0. The lowest BCUT2D eigenvalue weighted by atomic mass is 10.0. The van der Waals surface area contributed by atoms with Gasteiger partial charge in [-0.05, 0) is 42.7 Å². The van der Waals surface area contributed by atoms with E-state index in [-0.39, 0.29) is 29.7 Å². The van der Waals surface area contributed by atoms with Crippen LogP contribution < -0.4 is 5.43 Å². The van der Waals surface area contributed by atoms with Gasteiger partial charge in [0.15, 0.2) is 5.43 Å². The molecule has 4 nitrogen and oxygen atoms in total. The molecule has 1 aliphatic rings. The molecule has 1 atom stereocenters. The van der Waals surface area contributed by atoms with E-state index < -0.39 is 0 Å². The van der Waals surface area contributed by atoms with E-state index in [1.807, 2.05) is 27.7 Å². The predicted octanol–water partition coefficient (Wildman–Crippen LogP) is 3.50. The van der Waals surface area contributed by atoms with Gasteiger partial charge >= 0.3 is 0 Å². The molecule has 1 aromatic heterocycles. The fraction of sp³-hybridized carbons (Fsp3) is 0.238. The molecule has 1 fully saturated rings. The molecule has 0 radical (unpaired) electrons. The van der Waals surface area contributed by atoms with Crippen LogP contribution in [0.2, 0.25) is 0 Å². The lowest BCUT2D eigenvalue weighted by molar-refractivity contribution is -0.132. The number of amides is 1. The molecule has 0 aliphatic carbocycles. The Labute approximate surface area is 150 Å². The van der Waals surface area contributed by atoms with E-state index in [1.54, 1.807) is 24.4 Å². The van der Waals surface area contributed by atoms with Crippen molar-refractivity contribution >= 4 is 16.8 Å². The lowest BCUT2D eigenvalue weighted by Crippen LogP contribution is -2.33. The molecule has 5 heteroatoms. The zero-order valence-corrected chi connectivity index (χ0v) is 14.3. The molecule has 0 saturated carbocycles. The van der Waals surface area contributed by atoms with Crippen LogP contribution in [-0.2, 0) is 11.3 Å². The SMILES string of the molecule is O=C(Cn1ccc(=O)c2ccccc21)N1CCCC1c1ccc(F)cc1. The Hall–Kier alpha value is -2.95. The minimum atomic E-state index is -0.274. The van der Waals surface area contributed by atoms with E-state index >= 15 is 0 Å². The summed E-state index contributed by atoms with van der Waals surface area (Å²) in [7, 11) is 0. The number of hydrogen-bond donors (Lipinski definition) is 0. The van der Waals surface area contributed by atoms with E-state index in [0.29, 0.717) is 11.9 Å². The van der Waals surface area contributed by atoms with Gasteiger partial charge in [-0.3, -0.25) is 9.59 Å². The number of nitrogens with zero attached hydrogens (tertiary/aromatic N) is 2. The van der Waals surface area contributed by atoms with Gasteiger partial charge < -0.3 is 9.47 Å². The van der Waals surface area contributed by atoms with Crippen LogP contribution in [0.4, 0.5) is 4.39 Å². The first-order valence-corrected chi connectivity index (χ1v) is 8.76. The summed E-state index contributed by atoms with van der Waals surface area (Å²) in [6, 6.07) is 15.2. The molecule has 0 N–H and O–H groups in total.